The van der Waals surface area contributed by atoms with E-state index < -0.39 is 10.8 Å². The minimum Gasteiger partial charge on any atom is -0.486 e. The number of amides is 1. The Morgan fingerprint density at radius 3 is 2.65 bits per heavy atom. The van der Waals surface area contributed by atoms with Gasteiger partial charge in [0.2, 0.25) is 0 Å². The number of ether oxygens (including phenoxy) is 2. The van der Waals surface area contributed by atoms with E-state index in [9.17, 15) is 14.9 Å². The number of methoxy groups -OCH3 is 1. The van der Waals surface area contributed by atoms with Gasteiger partial charge in [-0.1, -0.05) is 0 Å². The predicted molar refractivity (Wildman–Crippen MR) is 115 cm³/mol. The first-order valence-corrected chi connectivity index (χ1v) is 9.49. The number of carbonyl (C=O) groups excluding carboxylic acids is 1. The first kappa shape index (κ1) is 21.8. The summed E-state index contributed by atoms with van der Waals surface area (Å²) in [5, 5.41) is 17.0. The lowest BCUT2D eigenvalue weighted by Gasteiger charge is -2.10. The molecule has 0 spiro atoms. The Morgan fingerprint density at radius 1 is 1.23 bits per heavy atom. The highest BCUT2D eigenvalue weighted by Gasteiger charge is 2.17. The number of hydrogen-bond acceptors (Lipinski definition) is 7. The van der Waals surface area contributed by atoms with Crippen LogP contribution in [0.4, 0.5) is 17.1 Å². The Morgan fingerprint density at radius 2 is 2.00 bits per heavy atom. The molecule has 10 heteroatoms. The number of nitrogens with zero attached hydrogens (tertiary/aromatic N) is 3. The number of carbonyl (C=O) groups is 1. The SMILES string of the molecule is COCCNc1ccc(C(=O)Nc2ccc(OCc3nccn3C)cc2)cc1[N+](=O)[O-]. The Hall–Kier alpha value is -3.92. The number of nitro groups is 1. The number of rotatable bonds is 10. The third-order valence-corrected chi connectivity index (χ3v) is 4.48. The molecule has 1 aromatic heterocycles. The van der Waals surface area contributed by atoms with Gasteiger partial charge in [0.15, 0.2) is 0 Å². The van der Waals surface area contributed by atoms with Crippen molar-refractivity contribution in [3.05, 3.63) is 76.4 Å². The Balaban J connectivity index is 1.63. The van der Waals surface area contributed by atoms with Gasteiger partial charge in [-0.15, -0.1) is 0 Å². The van der Waals surface area contributed by atoms with Gasteiger partial charge in [-0.2, -0.15) is 0 Å². The molecule has 31 heavy (non-hydrogen) atoms. The number of nitrogens with one attached hydrogen (secondary N) is 2. The molecule has 0 aliphatic heterocycles. The summed E-state index contributed by atoms with van der Waals surface area (Å²) >= 11 is 0. The summed E-state index contributed by atoms with van der Waals surface area (Å²) in [5.74, 6) is 0.968. The standard InChI is InChI=1S/C21H23N5O5/c1-25-11-9-23-20(25)14-31-17-6-4-16(5-7-17)24-21(27)15-3-8-18(22-10-12-30-2)19(13-15)26(28)29/h3-9,11,13,22H,10,12,14H2,1-2H3,(H,24,27). The summed E-state index contributed by atoms with van der Waals surface area (Å²) in [7, 11) is 3.43. The summed E-state index contributed by atoms with van der Waals surface area (Å²) in [4.78, 5) is 27.6. The number of aromatic nitrogens is 2. The van der Waals surface area contributed by atoms with Gasteiger partial charge in [0.05, 0.1) is 11.5 Å². The van der Waals surface area contributed by atoms with E-state index in [1.165, 1.54) is 18.2 Å². The van der Waals surface area contributed by atoms with Crippen LogP contribution in [0, 0.1) is 10.1 Å². The van der Waals surface area contributed by atoms with Gasteiger partial charge < -0.3 is 24.7 Å². The van der Waals surface area contributed by atoms with Crippen molar-refractivity contribution in [2.75, 3.05) is 30.9 Å². The quantitative estimate of drug-likeness (QED) is 0.291. The van der Waals surface area contributed by atoms with Crippen molar-refractivity contribution in [1.82, 2.24) is 9.55 Å². The maximum atomic E-state index is 12.5. The summed E-state index contributed by atoms with van der Waals surface area (Å²) in [5.41, 5.74) is 0.869. The first-order valence-electron chi connectivity index (χ1n) is 9.49. The zero-order valence-electron chi connectivity index (χ0n) is 17.2. The molecule has 0 radical (unpaired) electrons. The second-order valence-electron chi connectivity index (χ2n) is 6.63. The third kappa shape index (κ3) is 5.80. The van der Waals surface area contributed by atoms with Crippen molar-refractivity contribution in [2.45, 2.75) is 6.61 Å². The summed E-state index contributed by atoms with van der Waals surface area (Å²) in [6.45, 7) is 1.14. The Labute approximate surface area is 179 Å². The van der Waals surface area contributed by atoms with Gasteiger partial charge >= 0.3 is 0 Å². The highest BCUT2D eigenvalue weighted by Crippen LogP contribution is 2.26. The fraction of sp³-hybridized carbons (Fsp3) is 0.238. The minimum atomic E-state index is -0.528. The zero-order chi connectivity index (χ0) is 22.2. The van der Waals surface area contributed by atoms with Crippen molar-refractivity contribution in [3.63, 3.8) is 0 Å². The normalized spacial score (nSPS) is 10.5. The summed E-state index contributed by atoms with van der Waals surface area (Å²) in [6, 6.07) is 11.1. The van der Waals surface area contributed by atoms with Gasteiger partial charge in [0, 0.05) is 50.4 Å². The second-order valence-corrected chi connectivity index (χ2v) is 6.63. The van der Waals surface area contributed by atoms with Crippen LogP contribution in [0.2, 0.25) is 0 Å². The molecule has 1 amide bonds. The highest BCUT2D eigenvalue weighted by atomic mass is 16.6. The number of anilines is 2. The van der Waals surface area contributed by atoms with Crippen molar-refractivity contribution >= 4 is 23.0 Å². The number of aryl methyl sites for hydroxylation is 1. The molecule has 2 N–H and O–H groups in total. The van der Waals surface area contributed by atoms with Crippen LogP contribution < -0.4 is 15.4 Å². The van der Waals surface area contributed by atoms with Gasteiger partial charge in [-0.25, -0.2) is 4.98 Å². The smallest absolute Gasteiger partial charge is 0.293 e. The van der Waals surface area contributed by atoms with E-state index in [4.69, 9.17) is 9.47 Å². The van der Waals surface area contributed by atoms with E-state index in [-0.39, 0.29) is 11.3 Å². The molecule has 3 rings (SSSR count). The molecule has 0 aliphatic rings. The van der Waals surface area contributed by atoms with E-state index in [1.807, 2.05) is 17.8 Å². The molecule has 0 bridgehead atoms. The molecule has 0 fully saturated rings. The summed E-state index contributed by atoms with van der Waals surface area (Å²) < 4.78 is 12.5. The van der Waals surface area contributed by atoms with Crippen molar-refractivity contribution in [2.24, 2.45) is 7.05 Å². The molecule has 3 aromatic rings. The van der Waals surface area contributed by atoms with Crippen LogP contribution in [0.3, 0.4) is 0 Å². The molecule has 1 heterocycles. The Kier molecular flexibility index (Phi) is 7.17. The lowest BCUT2D eigenvalue weighted by Crippen LogP contribution is -2.13. The van der Waals surface area contributed by atoms with Crippen molar-refractivity contribution in [1.29, 1.82) is 0 Å². The lowest BCUT2D eigenvalue weighted by molar-refractivity contribution is -0.384. The number of hydrogen-bond donors (Lipinski definition) is 2. The van der Waals surface area contributed by atoms with Gasteiger partial charge in [-0.05, 0) is 36.4 Å². The van der Waals surface area contributed by atoms with E-state index in [0.29, 0.717) is 36.9 Å². The maximum Gasteiger partial charge on any atom is 0.293 e. The van der Waals surface area contributed by atoms with Crippen molar-refractivity contribution in [3.8, 4) is 5.75 Å². The van der Waals surface area contributed by atoms with Crippen LogP contribution in [0.15, 0.2) is 54.9 Å². The molecule has 0 saturated heterocycles. The molecule has 0 saturated carbocycles. The second kappa shape index (κ2) is 10.2. The van der Waals surface area contributed by atoms with E-state index >= 15 is 0 Å². The van der Waals surface area contributed by atoms with Crippen LogP contribution >= 0.6 is 0 Å². The topological polar surface area (TPSA) is 121 Å². The van der Waals surface area contributed by atoms with E-state index in [1.54, 1.807) is 37.6 Å². The molecule has 162 valence electrons. The van der Waals surface area contributed by atoms with Crippen LogP contribution in [0.25, 0.3) is 0 Å². The average molecular weight is 425 g/mol. The molecular formula is C21H23N5O5. The fourth-order valence-corrected chi connectivity index (χ4v) is 2.78. The lowest BCUT2D eigenvalue weighted by atomic mass is 10.1. The minimum absolute atomic E-state index is 0.179. The molecule has 2 aromatic carbocycles. The van der Waals surface area contributed by atoms with Crippen LogP contribution in [-0.2, 0) is 18.4 Å². The van der Waals surface area contributed by atoms with E-state index in [2.05, 4.69) is 15.6 Å². The highest BCUT2D eigenvalue weighted by molar-refractivity contribution is 6.05. The van der Waals surface area contributed by atoms with Crippen LogP contribution in [0.1, 0.15) is 16.2 Å². The third-order valence-electron chi connectivity index (χ3n) is 4.48. The first-order chi connectivity index (χ1) is 15.0. The van der Waals surface area contributed by atoms with Crippen LogP contribution in [0.5, 0.6) is 5.75 Å². The average Bonchev–Trinajstić information content (AvgIpc) is 3.18. The van der Waals surface area contributed by atoms with Crippen LogP contribution in [-0.4, -0.2) is 40.6 Å². The molecular weight excluding hydrogens is 402 g/mol. The predicted octanol–water partition coefficient (Wildman–Crippen LogP) is 3.22. The molecule has 0 atom stereocenters. The summed E-state index contributed by atoms with van der Waals surface area (Å²) in [6.07, 6.45) is 3.54. The number of imidazole rings is 1. The van der Waals surface area contributed by atoms with E-state index in [0.717, 1.165) is 5.82 Å². The molecule has 0 unspecified atom stereocenters. The fourth-order valence-electron chi connectivity index (χ4n) is 2.78. The van der Waals surface area contributed by atoms with Gasteiger partial charge in [0.1, 0.15) is 23.9 Å². The largest absolute Gasteiger partial charge is 0.486 e. The maximum absolute atomic E-state index is 12.5. The monoisotopic (exact) mass is 425 g/mol. The molecule has 10 nitrogen and oxygen atoms in total. The van der Waals surface area contributed by atoms with Crippen molar-refractivity contribution < 1.29 is 19.2 Å². The molecule has 0 aliphatic carbocycles. The number of nitro benzene ring substituents is 1. The Bertz CT molecular complexity index is 1050. The number of benzene rings is 2. The van der Waals surface area contributed by atoms with Gasteiger partial charge in [0.25, 0.3) is 11.6 Å². The van der Waals surface area contributed by atoms with Gasteiger partial charge in [-0.3, -0.25) is 14.9 Å². The zero-order valence-corrected chi connectivity index (χ0v) is 17.2.